The molecule has 0 aliphatic carbocycles. The standard InChI is InChI=1S/C13H24N4OS.HI/c1-9(12-10(2)17-18-11(12)3)8-16-13(14-4)15-6-7-19-5;/h9H,6-8H2,1-5H3,(H2,14,15,16);1H. The highest BCUT2D eigenvalue weighted by atomic mass is 127. The number of aryl methyl sites for hydroxylation is 2. The number of nitrogens with one attached hydrogen (secondary N) is 2. The Morgan fingerprint density at radius 2 is 2.10 bits per heavy atom. The highest BCUT2D eigenvalue weighted by Gasteiger charge is 2.16. The zero-order valence-corrected chi connectivity index (χ0v) is 16.0. The number of halogens is 1. The second kappa shape index (κ2) is 10.3. The maximum absolute atomic E-state index is 5.20. The van der Waals surface area contributed by atoms with Gasteiger partial charge in [-0.2, -0.15) is 11.8 Å². The van der Waals surface area contributed by atoms with Crippen molar-refractivity contribution in [3.63, 3.8) is 0 Å². The lowest BCUT2D eigenvalue weighted by Gasteiger charge is -2.15. The quantitative estimate of drug-likeness (QED) is 0.326. The van der Waals surface area contributed by atoms with Crippen LogP contribution >= 0.6 is 35.7 Å². The molecule has 1 unspecified atom stereocenters. The molecule has 0 spiro atoms. The van der Waals surface area contributed by atoms with E-state index >= 15 is 0 Å². The van der Waals surface area contributed by atoms with E-state index in [9.17, 15) is 0 Å². The van der Waals surface area contributed by atoms with Crippen LogP contribution < -0.4 is 10.6 Å². The third-order valence-electron chi connectivity index (χ3n) is 2.98. The van der Waals surface area contributed by atoms with Gasteiger partial charge in [0.05, 0.1) is 5.69 Å². The van der Waals surface area contributed by atoms with Crippen LogP contribution in [-0.4, -0.2) is 43.3 Å². The molecular formula is C13H25IN4OS. The predicted octanol–water partition coefficient (Wildman–Crippen LogP) is 2.54. The Hall–Kier alpha value is -0.440. The Morgan fingerprint density at radius 1 is 1.40 bits per heavy atom. The summed E-state index contributed by atoms with van der Waals surface area (Å²) in [6.45, 7) is 7.82. The minimum absolute atomic E-state index is 0. The number of aromatic nitrogens is 1. The molecule has 0 aromatic carbocycles. The van der Waals surface area contributed by atoms with Gasteiger partial charge in [0.2, 0.25) is 0 Å². The molecule has 0 radical (unpaired) electrons. The summed E-state index contributed by atoms with van der Waals surface area (Å²) in [5.74, 6) is 3.15. The Labute approximate surface area is 142 Å². The Balaban J connectivity index is 0.00000361. The van der Waals surface area contributed by atoms with E-state index in [0.717, 1.165) is 36.3 Å². The lowest BCUT2D eigenvalue weighted by atomic mass is 10.00. The molecule has 0 aliphatic rings. The van der Waals surface area contributed by atoms with Crippen molar-refractivity contribution in [1.82, 2.24) is 15.8 Å². The van der Waals surface area contributed by atoms with Crippen LogP contribution in [0.15, 0.2) is 9.52 Å². The topological polar surface area (TPSA) is 62.5 Å². The van der Waals surface area contributed by atoms with E-state index < -0.39 is 0 Å². The van der Waals surface area contributed by atoms with Crippen LogP contribution in [0.2, 0.25) is 0 Å². The molecule has 5 nitrogen and oxygen atoms in total. The highest BCUT2D eigenvalue weighted by Crippen LogP contribution is 2.22. The van der Waals surface area contributed by atoms with Gasteiger partial charge >= 0.3 is 0 Å². The summed E-state index contributed by atoms with van der Waals surface area (Å²) in [5, 5.41) is 10.6. The van der Waals surface area contributed by atoms with E-state index in [-0.39, 0.29) is 24.0 Å². The number of nitrogens with zero attached hydrogens (tertiary/aromatic N) is 2. The monoisotopic (exact) mass is 412 g/mol. The van der Waals surface area contributed by atoms with Crippen LogP contribution in [0.1, 0.15) is 29.9 Å². The minimum Gasteiger partial charge on any atom is -0.361 e. The molecule has 2 N–H and O–H groups in total. The van der Waals surface area contributed by atoms with Crippen molar-refractivity contribution >= 4 is 41.7 Å². The number of hydrogen-bond donors (Lipinski definition) is 2. The number of hydrogen-bond acceptors (Lipinski definition) is 4. The second-order valence-corrected chi connectivity index (χ2v) is 5.50. The van der Waals surface area contributed by atoms with E-state index in [0.29, 0.717) is 5.92 Å². The van der Waals surface area contributed by atoms with Crippen molar-refractivity contribution in [2.75, 3.05) is 32.1 Å². The van der Waals surface area contributed by atoms with Crippen LogP contribution in [0.25, 0.3) is 0 Å². The van der Waals surface area contributed by atoms with Gasteiger partial charge in [-0.05, 0) is 20.1 Å². The highest BCUT2D eigenvalue weighted by molar-refractivity contribution is 14.0. The summed E-state index contributed by atoms with van der Waals surface area (Å²) in [6.07, 6.45) is 2.09. The van der Waals surface area contributed by atoms with E-state index in [1.807, 2.05) is 25.6 Å². The lowest BCUT2D eigenvalue weighted by molar-refractivity contribution is 0.391. The van der Waals surface area contributed by atoms with E-state index in [1.54, 1.807) is 7.05 Å². The molecule has 0 bridgehead atoms. The van der Waals surface area contributed by atoms with Crippen LogP contribution in [0.4, 0.5) is 0 Å². The molecule has 0 saturated carbocycles. The summed E-state index contributed by atoms with van der Waals surface area (Å²) >= 11 is 1.81. The largest absolute Gasteiger partial charge is 0.361 e. The van der Waals surface area contributed by atoms with E-state index in [4.69, 9.17) is 4.52 Å². The van der Waals surface area contributed by atoms with Gasteiger partial charge in [0.25, 0.3) is 0 Å². The third-order valence-corrected chi connectivity index (χ3v) is 3.59. The molecule has 7 heteroatoms. The Morgan fingerprint density at radius 3 is 2.60 bits per heavy atom. The van der Waals surface area contributed by atoms with Gasteiger partial charge in [-0.25, -0.2) is 0 Å². The first-order chi connectivity index (χ1) is 9.10. The summed E-state index contributed by atoms with van der Waals surface area (Å²) in [4.78, 5) is 4.20. The normalized spacial score (nSPS) is 12.8. The smallest absolute Gasteiger partial charge is 0.191 e. The molecule has 20 heavy (non-hydrogen) atoms. The molecule has 1 atom stereocenters. The predicted molar refractivity (Wildman–Crippen MR) is 97.6 cm³/mol. The molecule has 0 aliphatic heterocycles. The lowest BCUT2D eigenvalue weighted by Crippen LogP contribution is -2.40. The SMILES string of the molecule is CN=C(NCCSC)NCC(C)c1c(C)noc1C.I. The number of guanidine groups is 1. The van der Waals surface area contributed by atoms with Crippen molar-refractivity contribution in [3.8, 4) is 0 Å². The van der Waals surface area contributed by atoms with Crippen molar-refractivity contribution in [3.05, 3.63) is 17.0 Å². The fourth-order valence-corrected chi connectivity index (χ4v) is 2.34. The number of aliphatic imine (C=N–C) groups is 1. The number of thioether (sulfide) groups is 1. The fraction of sp³-hybridized carbons (Fsp3) is 0.692. The summed E-state index contributed by atoms with van der Waals surface area (Å²) in [5.41, 5.74) is 2.16. The van der Waals surface area contributed by atoms with Crippen molar-refractivity contribution in [2.45, 2.75) is 26.7 Å². The maximum atomic E-state index is 5.20. The van der Waals surface area contributed by atoms with E-state index in [1.165, 1.54) is 5.56 Å². The maximum Gasteiger partial charge on any atom is 0.191 e. The first-order valence-electron chi connectivity index (χ1n) is 6.46. The summed E-state index contributed by atoms with van der Waals surface area (Å²) in [6, 6.07) is 0. The van der Waals surface area contributed by atoms with Crippen molar-refractivity contribution in [1.29, 1.82) is 0 Å². The van der Waals surface area contributed by atoms with Crippen molar-refractivity contribution in [2.24, 2.45) is 4.99 Å². The first kappa shape index (κ1) is 19.6. The molecule has 1 heterocycles. The average molecular weight is 412 g/mol. The van der Waals surface area contributed by atoms with Gasteiger partial charge in [0.15, 0.2) is 5.96 Å². The fourth-order valence-electron chi connectivity index (χ4n) is 2.04. The number of rotatable bonds is 6. The van der Waals surface area contributed by atoms with Gasteiger partial charge in [0.1, 0.15) is 5.76 Å². The Kier molecular flexibility index (Phi) is 10.1. The van der Waals surface area contributed by atoms with Gasteiger partial charge in [-0.1, -0.05) is 12.1 Å². The van der Waals surface area contributed by atoms with Gasteiger partial charge in [-0.15, -0.1) is 24.0 Å². The molecule has 1 aromatic rings. The molecule has 1 rings (SSSR count). The first-order valence-corrected chi connectivity index (χ1v) is 7.85. The minimum atomic E-state index is 0. The van der Waals surface area contributed by atoms with Crippen LogP contribution in [-0.2, 0) is 0 Å². The zero-order chi connectivity index (χ0) is 14.3. The van der Waals surface area contributed by atoms with Crippen LogP contribution in [0, 0.1) is 13.8 Å². The molecule has 1 aromatic heterocycles. The van der Waals surface area contributed by atoms with E-state index in [2.05, 4.69) is 34.0 Å². The second-order valence-electron chi connectivity index (χ2n) is 4.51. The average Bonchev–Trinajstić information content (AvgIpc) is 2.73. The van der Waals surface area contributed by atoms with Gasteiger partial charge in [0, 0.05) is 37.4 Å². The van der Waals surface area contributed by atoms with Crippen LogP contribution in [0.5, 0.6) is 0 Å². The van der Waals surface area contributed by atoms with Gasteiger partial charge in [-0.3, -0.25) is 4.99 Å². The molecule has 0 saturated heterocycles. The van der Waals surface area contributed by atoms with Crippen molar-refractivity contribution < 1.29 is 4.52 Å². The molecule has 116 valence electrons. The third kappa shape index (κ3) is 5.90. The molecular weight excluding hydrogens is 387 g/mol. The molecule has 0 fully saturated rings. The summed E-state index contributed by atoms with van der Waals surface area (Å²) < 4.78 is 5.20. The molecule has 0 amide bonds. The summed E-state index contributed by atoms with van der Waals surface area (Å²) in [7, 11) is 1.79. The Bertz CT molecular complexity index is 403. The van der Waals surface area contributed by atoms with Crippen LogP contribution in [0.3, 0.4) is 0 Å². The zero-order valence-electron chi connectivity index (χ0n) is 12.8. The van der Waals surface area contributed by atoms with Gasteiger partial charge < -0.3 is 15.2 Å².